The van der Waals surface area contributed by atoms with Crippen molar-refractivity contribution >= 4 is 22.8 Å². The first kappa shape index (κ1) is 34.4. The number of aliphatic imine (C=N–C) groups is 1. The van der Waals surface area contributed by atoms with E-state index in [0.29, 0.717) is 0 Å². The number of nitrogens with one attached hydrogen (secondary N) is 1. The van der Waals surface area contributed by atoms with Crippen LogP contribution in [0, 0.1) is 0 Å². The van der Waals surface area contributed by atoms with Crippen molar-refractivity contribution in [2.75, 3.05) is 17.3 Å². The van der Waals surface area contributed by atoms with Gasteiger partial charge in [-0.25, -0.2) is 0 Å². The average Bonchev–Trinajstić information content (AvgIpc) is 3.09. The SMILES string of the molecule is C=CC1=NC(CC(=C)N(C)c2ccccc2Nc2ccc(C(C)(C)C)cc2-c2ccccc2)C(CCC(=C)/C=C\CC)c2ccccc21. The van der Waals surface area contributed by atoms with Gasteiger partial charge >= 0.3 is 0 Å². The van der Waals surface area contributed by atoms with E-state index in [2.05, 4.69) is 174 Å². The number of para-hydroxylation sites is 2. The second-order valence-corrected chi connectivity index (χ2v) is 13.8. The fourth-order valence-corrected chi connectivity index (χ4v) is 6.55. The number of nitrogens with zero attached hydrogens (tertiary/aromatic N) is 2. The molecule has 0 saturated heterocycles. The molecular weight excluding hydrogens is 583 g/mol. The molecule has 0 spiro atoms. The second-order valence-electron chi connectivity index (χ2n) is 13.8. The lowest BCUT2D eigenvalue weighted by Crippen LogP contribution is -2.29. The summed E-state index contributed by atoms with van der Waals surface area (Å²) in [5, 5.41) is 3.81. The number of hydrogen-bond donors (Lipinski definition) is 1. The third kappa shape index (κ3) is 7.97. The Labute approximate surface area is 289 Å². The first-order valence-corrected chi connectivity index (χ1v) is 17.2. The van der Waals surface area contributed by atoms with Crippen molar-refractivity contribution in [1.29, 1.82) is 0 Å². The Morgan fingerprint density at radius 3 is 2.31 bits per heavy atom. The molecule has 1 aliphatic heterocycles. The Morgan fingerprint density at radius 1 is 0.875 bits per heavy atom. The van der Waals surface area contributed by atoms with Gasteiger partial charge < -0.3 is 10.2 Å². The molecule has 0 saturated carbocycles. The average molecular weight is 634 g/mol. The minimum absolute atomic E-state index is 0.0422. The van der Waals surface area contributed by atoms with Crippen LogP contribution in [0.15, 0.2) is 151 Å². The van der Waals surface area contributed by atoms with Crippen LogP contribution < -0.4 is 10.2 Å². The molecule has 2 unspecified atom stereocenters. The maximum atomic E-state index is 5.29. The van der Waals surface area contributed by atoms with E-state index in [1.54, 1.807) is 0 Å². The fourth-order valence-electron chi connectivity index (χ4n) is 6.55. The highest BCUT2D eigenvalue weighted by Gasteiger charge is 2.31. The Kier molecular flexibility index (Phi) is 11.0. The topological polar surface area (TPSA) is 27.6 Å². The van der Waals surface area contributed by atoms with E-state index in [4.69, 9.17) is 4.99 Å². The van der Waals surface area contributed by atoms with Crippen LogP contribution in [0.4, 0.5) is 17.1 Å². The molecular formula is C45H51N3. The van der Waals surface area contributed by atoms with Crippen LogP contribution in [-0.4, -0.2) is 18.8 Å². The number of anilines is 3. The fraction of sp³-hybridized carbons (Fsp3) is 0.267. The van der Waals surface area contributed by atoms with Crippen molar-refractivity contribution < 1.29 is 0 Å². The van der Waals surface area contributed by atoms with Crippen molar-refractivity contribution in [2.45, 2.75) is 70.8 Å². The van der Waals surface area contributed by atoms with Crippen LogP contribution in [0.3, 0.4) is 0 Å². The number of fused-ring (bicyclic) bond motifs is 1. The molecule has 0 fully saturated rings. The predicted octanol–water partition coefficient (Wildman–Crippen LogP) is 12.2. The summed E-state index contributed by atoms with van der Waals surface area (Å²) in [5.74, 6) is 0.255. The van der Waals surface area contributed by atoms with Crippen LogP contribution in [0.2, 0.25) is 0 Å². The van der Waals surface area contributed by atoms with Crippen molar-refractivity contribution in [3.63, 3.8) is 0 Å². The highest BCUT2D eigenvalue weighted by molar-refractivity contribution is 6.10. The third-order valence-electron chi connectivity index (χ3n) is 9.39. The summed E-state index contributed by atoms with van der Waals surface area (Å²) in [5.41, 5.74) is 12.5. The van der Waals surface area contributed by atoms with Gasteiger partial charge in [0.05, 0.1) is 23.1 Å². The molecule has 1 aliphatic rings. The zero-order valence-corrected chi connectivity index (χ0v) is 29.5. The lowest BCUT2D eigenvalue weighted by Gasteiger charge is -2.34. The molecule has 1 N–H and O–H groups in total. The van der Waals surface area contributed by atoms with E-state index < -0.39 is 0 Å². The summed E-state index contributed by atoms with van der Waals surface area (Å²) < 4.78 is 0. The number of allylic oxidation sites excluding steroid dienone is 4. The molecule has 0 aromatic heterocycles. The minimum Gasteiger partial charge on any atom is -0.353 e. The largest absolute Gasteiger partial charge is 0.353 e. The molecule has 4 aromatic rings. The van der Waals surface area contributed by atoms with Gasteiger partial charge in [0, 0.05) is 41.9 Å². The molecule has 2 atom stereocenters. The van der Waals surface area contributed by atoms with E-state index in [-0.39, 0.29) is 17.4 Å². The number of hydrogen-bond acceptors (Lipinski definition) is 3. The van der Waals surface area contributed by atoms with Crippen LogP contribution in [-0.2, 0) is 5.41 Å². The Balaban J connectivity index is 1.43. The molecule has 0 bridgehead atoms. The molecule has 1 heterocycles. The maximum Gasteiger partial charge on any atom is 0.0647 e. The second kappa shape index (κ2) is 15.3. The maximum absolute atomic E-state index is 5.29. The summed E-state index contributed by atoms with van der Waals surface area (Å²) in [6.07, 6.45) is 9.90. The lowest BCUT2D eigenvalue weighted by molar-refractivity contribution is 0.490. The van der Waals surface area contributed by atoms with Crippen LogP contribution in [0.25, 0.3) is 11.1 Å². The molecule has 4 aromatic carbocycles. The summed E-state index contributed by atoms with van der Waals surface area (Å²) in [7, 11) is 2.12. The Hall–Kier alpha value is -4.89. The van der Waals surface area contributed by atoms with Gasteiger partial charge in [0.2, 0.25) is 0 Å². The normalized spacial score (nSPS) is 15.8. The smallest absolute Gasteiger partial charge is 0.0647 e. The predicted molar refractivity (Wildman–Crippen MR) is 210 cm³/mol. The van der Waals surface area contributed by atoms with Gasteiger partial charge in [0.1, 0.15) is 0 Å². The first-order chi connectivity index (χ1) is 23.1. The molecule has 0 amide bonds. The van der Waals surface area contributed by atoms with E-state index in [1.807, 2.05) is 6.08 Å². The minimum atomic E-state index is 0.0422. The van der Waals surface area contributed by atoms with E-state index in [1.165, 1.54) is 27.8 Å². The van der Waals surface area contributed by atoms with Crippen LogP contribution in [0.5, 0.6) is 0 Å². The molecule has 3 nitrogen and oxygen atoms in total. The Morgan fingerprint density at radius 2 is 1.58 bits per heavy atom. The quantitative estimate of drug-likeness (QED) is 0.148. The van der Waals surface area contributed by atoms with Crippen molar-refractivity contribution in [3.05, 3.63) is 163 Å². The summed E-state index contributed by atoms with van der Waals surface area (Å²) in [6, 6.07) is 34.6. The zero-order valence-electron chi connectivity index (χ0n) is 29.5. The van der Waals surface area contributed by atoms with Gasteiger partial charge in [0.25, 0.3) is 0 Å². The molecule has 3 heteroatoms. The zero-order chi connectivity index (χ0) is 34.3. The number of benzene rings is 4. The molecule has 48 heavy (non-hydrogen) atoms. The highest BCUT2D eigenvalue weighted by atomic mass is 15.1. The first-order valence-electron chi connectivity index (χ1n) is 17.2. The molecule has 246 valence electrons. The summed E-state index contributed by atoms with van der Waals surface area (Å²) in [4.78, 5) is 7.51. The van der Waals surface area contributed by atoms with Gasteiger partial charge in [-0.1, -0.05) is 138 Å². The lowest BCUT2D eigenvalue weighted by atomic mass is 9.79. The molecule has 5 rings (SSSR count). The van der Waals surface area contributed by atoms with Gasteiger partial charge in [-0.15, -0.1) is 0 Å². The third-order valence-corrected chi connectivity index (χ3v) is 9.39. The van der Waals surface area contributed by atoms with E-state index in [0.717, 1.165) is 59.7 Å². The van der Waals surface area contributed by atoms with Crippen molar-refractivity contribution in [3.8, 4) is 11.1 Å². The van der Waals surface area contributed by atoms with Crippen LogP contribution >= 0.6 is 0 Å². The Bertz CT molecular complexity index is 1820. The standard InChI is InChI=1S/C45H51N3/c1-9-11-19-32(3)26-28-38-36-22-15-16-23-37(36)40(10-2)46-43(38)30-33(4)48(8)44-25-18-17-24-42(44)47-41-29-27-35(45(5,6)7)31-39(41)34-20-13-12-14-21-34/h10-25,27,29,31,38,43,47H,2-4,9,26,28,30H2,1,5-8H3/b19-11-. The van der Waals surface area contributed by atoms with Crippen LogP contribution in [0.1, 0.15) is 76.0 Å². The van der Waals surface area contributed by atoms with Crippen molar-refractivity contribution in [1.82, 2.24) is 0 Å². The van der Waals surface area contributed by atoms with Gasteiger partial charge in [-0.2, -0.15) is 0 Å². The van der Waals surface area contributed by atoms with E-state index in [9.17, 15) is 0 Å². The van der Waals surface area contributed by atoms with E-state index >= 15 is 0 Å². The molecule has 0 aliphatic carbocycles. The highest BCUT2D eigenvalue weighted by Crippen LogP contribution is 2.41. The molecule has 0 radical (unpaired) electrons. The van der Waals surface area contributed by atoms with Gasteiger partial charge in [-0.3, -0.25) is 4.99 Å². The summed E-state index contributed by atoms with van der Waals surface area (Å²) >= 11 is 0. The summed E-state index contributed by atoms with van der Waals surface area (Å²) in [6.45, 7) is 22.0. The van der Waals surface area contributed by atoms with Crippen molar-refractivity contribution in [2.24, 2.45) is 4.99 Å². The number of rotatable bonds is 13. The van der Waals surface area contributed by atoms with Gasteiger partial charge in [0.15, 0.2) is 0 Å². The van der Waals surface area contributed by atoms with Gasteiger partial charge in [-0.05, 0) is 71.7 Å². The monoisotopic (exact) mass is 633 g/mol.